The number of aliphatic hydroxyl groups excluding tert-OH is 1. The fourth-order valence-electron chi connectivity index (χ4n) is 1.02. The Morgan fingerprint density at radius 1 is 1.54 bits per heavy atom. The molecule has 1 unspecified atom stereocenters. The van der Waals surface area contributed by atoms with E-state index in [-0.39, 0.29) is 18.1 Å². The van der Waals surface area contributed by atoms with Crippen molar-refractivity contribution < 1.29 is 9.90 Å². The zero-order valence-corrected chi connectivity index (χ0v) is 8.68. The average molecular weight is 188 g/mol. The molecule has 4 nitrogen and oxygen atoms in total. The standard InChI is InChI=1S/C9H20N2O2/c1-4-9(2,5-6-12)11-7-8(13)10-3/h11-12H,4-7H2,1-3H3,(H,10,13). The summed E-state index contributed by atoms with van der Waals surface area (Å²) in [7, 11) is 1.61. The average Bonchev–Trinajstić information content (AvgIpc) is 2.15. The van der Waals surface area contributed by atoms with E-state index in [2.05, 4.69) is 10.6 Å². The van der Waals surface area contributed by atoms with Gasteiger partial charge in [-0.05, 0) is 19.8 Å². The molecule has 1 amide bonds. The molecule has 0 saturated carbocycles. The highest BCUT2D eigenvalue weighted by atomic mass is 16.3. The van der Waals surface area contributed by atoms with Crippen LogP contribution >= 0.6 is 0 Å². The van der Waals surface area contributed by atoms with Crippen LogP contribution in [0.2, 0.25) is 0 Å². The van der Waals surface area contributed by atoms with E-state index in [4.69, 9.17) is 5.11 Å². The summed E-state index contributed by atoms with van der Waals surface area (Å²) in [5, 5.41) is 14.5. The molecule has 0 fully saturated rings. The van der Waals surface area contributed by atoms with Gasteiger partial charge in [-0.15, -0.1) is 0 Å². The maximum atomic E-state index is 10.9. The smallest absolute Gasteiger partial charge is 0.233 e. The predicted octanol–water partition coefficient (Wildman–Crippen LogP) is -0.127. The van der Waals surface area contributed by atoms with Gasteiger partial charge in [-0.3, -0.25) is 4.79 Å². The second-order valence-corrected chi connectivity index (χ2v) is 3.41. The van der Waals surface area contributed by atoms with Gasteiger partial charge >= 0.3 is 0 Å². The van der Waals surface area contributed by atoms with Gasteiger partial charge in [0.15, 0.2) is 0 Å². The van der Waals surface area contributed by atoms with E-state index in [1.165, 1.54) is 0 Å². The minimum absolute atomic E-state index is 0.0300. The molecule has 0 radical (unpaired) electrons. The number of amides is 1. The summed E-state index contributed by atoms with van der Waals surface area (Å²) < 4.78 is 0. The van der Waals surface area contributed by atoms with Gasteiger partial charge in [0.05, 0.1) is 6.54 Å². The Morgan fingerprint density at radius 2 is 2.15 bits per heavy atom. The first-order valence-electron chi connectivity index (χ1n) is 4.64. The van der Waals surface area contributed by atoms with Crippen LogP contribution in [0.4, 0.5) is 0 Å². The molecule has 0 spiro atoms. The van der Waals surface area contributed by atoms with E-state index in [0.717, 1.165) is 6.42 Å². The molecule has 0 bridgehead atoms. The van der Waals surface area contributed by atoms with Crippen molar-refractivity contribution in [2.24, 2.45) is 0 Å². The number of carbonyl (C=O) groups excluding carboxylic acids is 1. The molecule has 0 aromatic rings. The lowest BCUT2D eigenvalue weighted by atomic mass is 9.95. The highest BCUT2D eigenvalue weighted by Gasteiger charge is 2.20. The van der Waals surface area contributed by atoms with Crippen LogP contribution in [-0.4, -0.2) is 36.8 Å². The number of hydrogen-bond acceptors (Lipinski definition) is 3. The normalized spacial score (nSPS) is 15.1. The summed E-state index contributed by atoms with van der Waals surface area (Å²) in [6.07, 6.45) is 1.56. The van der Waals surface area contributed by atoms with Crippen molar-refractivity contribution in [2.75, 3.05) is 20.2 Å². The van der Waals surface area contributed by atoms with E-state index in [1.54, 1.807) is 7.05 Å². The maximum absolute atomic E-state index is 10.9. The van der Waals surface area contributed by atoms with Gasteiger partial charge in [-0.25, -0.2) is 0 Å². The number of carbonyl (C=O) groups is 1. The van der Waals surface area contributed by atoms with Crippen LogP contribution in [0.3, 0.4) is 0 Å². The molecule has 13 heavy (non-hydrogen) atoms. The molecule has 0 aromatic carbocycles. The van der Waals surface area contributed by atoms with Gasteiger partial charge < -0.3 is 15.7 Å². The van der Waals surface area contributed by atoms with Gasteiger partial charge in [0.1, 0.15) is 0 Å². The molecule has 0 aliphatic carbocycles. The lowest BCUT2D eigenvalue weighted by molar-refractivity contribution is -0.120. The van der Waals surface area contributed by atoms with Crippen LogP contribution in [0.5, 0.6) is 0 Å². The largest absolute Gasteiger partial charge is 0.396 e. The zero-order chi connectivity index (χ0) is 10.3. The Balaban J connectivity index is 3.89. The van der Waals surface area contributed by atoms with E-state index < -0.39 is 0 Å². The highest BCUT2D eigenvalue weighted by Crippen LogP contribution is 2.12. The number of nitrogens with one attached hydrogen (secondary N) is 2. The molecule has 3 N–H and O–H groups in total. The third-order valence-corrected chi connectivity index (χ3v) is 2.40. The third kappa shape index (κ3) is 4.85. The Hall–Kier alpha value is -0.610. The summed E-state index contributed by atoms with van der Waals surface area (Å²) in [6.45, 7) is 4.49. The summed E-state index contributed by atoms with van der Waals surface area (Å²) in [5.41, 5.74) is -0.138. The lowest BCUT2D eigenvalue weighted by Gasteiger charge is -2.28. The summed E-state index contributed by atoms with van der Waals surface area (Å²) in [5.74, 6) is -0.0300. The van der Waals surface area contributed by atoms with Crippen molar-refractivity contribution >= 4 is 5.91 Å². The Kier molecular flexibility index (Phi) is 5.66. The summed E-state index contributed by atoms with van der Waals surface area (Å²) >= 11 is 0. The number of hydrogen-bond donors (Lipinski definition) is 3. The second-order valence-electron chi connectivity index (χ2n) is 3.41. The third-order valence-electron chi connectivity index (χ3n) is 2.40. The predicted molar refractivity (Wildman–Crippen MR) is 52.5 cm³/mol. The molecular formula is C9H20N2O2. The minimum atomic E-state index is -0.138. The van der Waals surface area contributed by atoms with Gasteiger partial charge in [-0.1, -0.05) is 6.92 Å². The minimum Gasteiger partial charge on any atom is -0.396 e. The van der Waals surface area contributed by atoms with E-state index >= 15 is 0 Å². The van der Waals surface area contributed by atoms with Gasteiger partial charge in [0.25, 0.3) is 0 Å². The first-order valence-corrected chi connectivity index (χ1v) is 4.64. The van der Waals surface area contributed by atoms with Gasteiger partial charge in [-0.2, -0.15) is 0 Å². The topological polar surface area (TPSA) is 61.4 Å². The summed E-state index contributed by atoms with van der Waals surface area (Å²) in [6, 6.07) is 0. The highest BCUT2D eigenvalue weighted by molar-refractivity contribution is 5.77. The molecule has 0 aliphatic rings. The summed E-state index contributed by atoms with van der Waals surface area (Å²) in [4.78, 5) is 10.9. The van der Waals surface area contributed by atoms with Crippen molar-refractivity contribution in [1.82, 2.24) is 10.6 Å². The lowest BCUT2D eigenvalue weighted by Crippen LogP contribution is -2.47. The van der Waals surface area contributed by atoms with Crippen molar-refractivity contribution in [3.05, 3.63) is 0 Å². The van der Waals surface area contributed by atoms with E-state index in [0.29, 0.717) is 13.0 Å². The van der Waals surface area contributed by atoms with Crippen molar-refractivity contribution in [2.45, 2.75) is 32.2 Å². The SMILES string of the molecule is CCC(C)(CCO)NCC(=O)NC. The molecule has 4 heteroatoms. The molecule has 0 saturated heterocycles. The Bertz CT molecular complexity index is 162. The number of rotatable bonds is 6. The van der Waals surface area contributed by atoms with Crippen LogP contribution in [0.15, 0.2) is 0 Å². The molecule has 0 heterocycles. The Morgan fingerprint density at radius 3 is 2.54 bits per heavy atom. The number of likely N-dealkylation sites (N-methyl/N-ethyl adjacent to an activating group) is 1. The zero-order valence-electron chi connectivity index (χ0n) is 8.68. The van der Waals surface area contributed by atoms with Crippen LogP contribution in [-0.2, 0) is 4.79 Å². The maximum Gasteiger partial charge on any atom is 0.233 e. The first-order chi connectivity index (χ1) is 6.08. The molecule has 78 valence electrons. The Labute approximate surface area is 79.7 Å². The molecule has 0 rings (SSSR count). The van der Waals surface area contributed by atoms with E-state index in [1.807, 2.05) is 13.8 Å². The van der Waals surface area contributed by atoms with Crippen LogP contribution in [0.1, 0.15) is 26.7 Å². The molecule has 0 aromatic heterocycles. The molecule has 1 atom stereocenters. The quantitative estimate of drug-likeness (QED) is 0.544. The van der Waals surface area contributed by atoms with Crippen LogP contribution in [0, 0.1) is 0 Å². The second kappa shape index (κ2) is 5.94. The fraction of sp³-hybridized carbons (Fsp3) is 0.889. The molecule has 0 aliphatic heterocycles. The van der Waals surface area contributed by atoms with Gasteiger partial charge in [0, 0.05) is 19.2 Å². The van der Waals surface area contributed by atoms with E-state index in [9.17, 15) is 4.79 Å². The van der Waals surface area contributed by atoms with Crippen LogP contribution < -0.4 is 10.6 Å². The van der Waals surface area contributed by atoms with Crippen molar-refractivity contribution in [1.29, 1.82) is 0 Å². The van der Waals surface area contributed by atoms with Crippen molar-refractivity contribution in [3.8, 4) is 0 Å². The van der Waals surface area contributed by atoms with Crippen molar-refractivity contribution in [3.63, 3.8) is 0 Å². The van der Waals surface area contributed by atoms with Crippen LogP contribution in [0.25, 0.3) is 0 Å². The molecular weight excluding hydrogens is 168 g/mol. The number of aliphatic hydroxyl groups is 1. The first kappa shape index (κ1) is 12.4. The van der Waals surface area contributed by atoms with Gasteiger partial charge in [0.2, 0.25) is 5.91 Å². The fourth-order valence-corrected chi connectivity index (χ4v) is 1.02. The monoisotopic (exact) mass is 188 g/mol.